The fourth-order valence-corrected chi connectivity index (χ4v) is 3.18. The van der Waals surface area contributed by atoms with Gasteiger partial charge in [0, 0.05) is 5.54 Å². The number of halogens is 1. The second-order valence-corrected chi connectivity index (χ2v) is 5.45. The van der Waals surface area contributed by atoms with Crippen LogP contribution in [-0.4, -0.2) is 0 Å². The summed E-state index contributed by atoms with van der Waals surface area (Å²) in [5.74, 6) is 0. The Morgan fingerprint density at radius 2 is 0.864 bits per heavy atom. The molecule has 0 atom stereocenters. The molecule has 0 radical (unpaired) electrons. The van der Waals surface area contributed by atoms with E-state index in [9.17, 15) is 0 Å². The Balaban J connectivity index is 2.34. The monoisotopic (exact) mass is 304 g/mol. The lowest BCUT2D eigenvalue weighted by atomic mass is 9.69. The Morgan fingerprint density at radius 1 is 0.545 bits per heavy atom. The summed E-state index contributed by atoms with van der Waals surface area (Å²) in [6, 6.07) is 31.4. The maximum absolute atomic E-state index is 6.05. The normalized spacial score (nSPS) is 11.7. The molecule has 22 heavy (non-hydrogen) atoms. The lowest BCUT2D eigenvalue weighted by Crippen LogP contribution is -2.26. The summed E-state index contributed by atoms with van der Waals surface area (Å²) in [6.45, 7) is 0. The Labute approximate surface area is 136 Å². The fourth-order valence-electron chi connectivity index (χ4n) is 2.99. The van der Waals surface area contributed by atoms with Crippen LogP contribution in [0.3, 0.4) is 0 Å². The molecular formula is C21H17Cl. The zero-order chi connectivity index (χ0) is 15.3. The van der Waals surface area contributed by atoms with Crippen molar-refractivity contribution in [2.24, 2.45) is 0 Å². The van der Waals surface area contributed by atoms with Crippen LogP contribution >= 0.6 is 11.6 Å². The van der Waals surface area contributed by atoms with Crippen molar-refractivity contribution in [3.05, 3.63) is 119 Å². The molecule has 0 unspecified atom stereocenters. The lowest BCUT2D eigenvalue weighted by Gasteiger charge is -2.33. The van der Waals surface area contributed by atoms with Gasteiger partial charge < -0.3 is 0 Å². The maximum Gasteiger partial charge on any atom is 0.0643 e. The topological polar surface area (TPSA) is 0 Å². The van der Waals surface area contributed by atoms with Crippen LogP contribution in [0.2, 0.25) is 0 Å². The van der Waals surface area contributed by atoms with Gasteiger partial charge in [-0.05, 0) is 16.7 Å². The maximum atomic E-state index is 6.05. The molecule has 0 fully saturated rings. The predicted molar refractivity (Wildman–Crippen MR) is 94.2 cm³/mol. The van der Waals surface area contributed by atoms with Crippen LogP contribution in [-0.2, 0) is 5.41 Å². The average Bonchev–Trinajstić information content (AvgIpc) is 2.62. The zero-order valence-corrected chi connectivity index (χ0v) is 12.9. The van der Waals surface area contributed by atoms with Crippen LogP contribution in [0, 0.1) is 0 Å². The molecule has 0 aliphatic rings. The Morgan fingerprint density at radius 3 is 1.14 bits per heavy atom. The van der Waals surface area contributed by atoms with Gasteiger partial charge in [-0.1, -0.05) is 109 Å². The quantitative estimate of drug-likeness (QED) is 0.536. The van der Waals surface area contributed by atoms with Gasteiger partial charge in [-0.3, -0.25) is 0 Å². The second kappa shape index (κ2) is 6.64. The molecule has 3 rings (SSSR count). The first-order chi connectivity index (χ1) is 10.9. The Bertz CT molecular complexity index is 634. The molecular weight excluding hydrogens is 288 g/mol. The number of hydrogen-bond donors (Lipinski definition) is 0. The minimum Gasteiger partial charge on any atom is -0.0932 e. The van der Waals surface area contributed by atoms with Gasteiger partial charge in [0.1, 0.15) is 0 Å². The van der Waals surface area contributed by atoms with Crippen molar-refractivity contribution in [1.29, 1.82) is 0 Å². The molecule has 1 heteroatoms. The second-order valence-electron chi connectivity index (χ2n) is 5.20. The van der Waals surface area contributed by atoms with E-state index in [0.717, 1.165) is 0 Å². The van der Waals surface area contributed by atoms with Gasteiger partial charge in [-0.25, -0.2) is 0 Å². The van der Waals surface area contributed by atoms with Gasteiger partial charge >= 0.3 is 0 Å². The molecule has 3 aromatic carbocycles. The van der Waals surface area contributed by atoms with E-state index in [-0.39, 0.29) is 5.41 Å². The highest BCUT2D eigenvalue weighted by atomic mass is 35.5. The van der Waals surface area contributed by atoms with E-state index in [0.29, 0.717) is 0 Å². The summed E-state index contributed by atoms with van der Waals surface area (Å²) >= 11 is 6.05. The molecule has 3 aromatic rings. The number of hydrogen-bond acceptors (Lipinski definition) is 0. The van der Waals surface area contributed by atoms with Crippen molar-refractivity contribution >= 4 is 11.6 Å². The molecule has 0 heterocycles. The van der Waals surface area contributed by atoms with E-state index in [1.54, 1.807) is 5.54 Å². The smallest absolute Gasteiger partial charge is 0.0643 e. The highest BCUT2D eigenvalue weighted by molar-refractivity contribution is 6.25. The number of rotatable bonds is 4. The van der Waals surface area contributed by atoms with E-state index >= 15 is 0 Å². The highest BCUT2D eigenvalue weighted by Gasteiger charge is 2.33. The Hall–Kier alpha value is -2.31. The summed E-state index contributed by atoms with van der Waals surface area (Å²) < 4.78 is 0. The van der Waals surface area contributed by atoms with E-state index in [1.807, 2.05) is 18.2 Å². The molecule has 0 spiro atoms. The van der Waals surface area contributed by atoms with Gasteiger partial charge in [-0.2, -0.15) is 0 Å². The van der Waals surface area contributed by atoms with Crippen molar-refractivity contribution in [2.75, 3.05) is 0 Å². The molecule has 108 valence electrons. The van der Waals surface area contributed by atoms with E-state index in [2.05, 4.69) is 78.9 Å². The fraction of sp³-hybridized carbons (Fsp3) is 0.0476. The molecule has 0 saturated carbocycles. The average molecular weight is 305 g/mol. The third kappa shape index (κ3) is 2.58. The van der Waals surface area contributed by atoms with Crippen molar-refractivity contribution in [3.8, 4) is 0 Å². The summed E-state index contributed by atoms with van der Waals surface area (Å²) in [4.78, 5) is 0. The van der Waals surface area contributed by atoms with E-state index < -0.39 is 0 Å². The van der Waals surface area contributed by atoms with E-state index in [1.165, 1.54) is 16.7 Å². The van der Waals surface area contributed by atoms with Crippen LogP contribution < -0.4 is 0 Å². The number of allylic oxidation sites excluding steroid dienone is 1. The van der Waals surface area contributed by atoms with E-state index in [4.69, 9.17) is 11.6 Å². The third-order valence-electron chi connectivity index (χ3n) is 4.00. The van der Waals surface area contributed by atoms with Gasteiger partial charge in [0.25, 0.3) is 0 Å². The summed E-state index contributed by atoms with van der Waals surface area (Å²) in [7, 11) is 0. The van der Waals surface area contributed by atoms with Crippen LogP contribution in [0.1, 0.15) is 16.7 Å². The van der Waals surface area contributed by atoms with Gasteiger partial charge in [0.05, 0.1) is 5.41 Å². The van der Waals surface area contributed by atoms with Crippen LogP contribution in [0.5, 0.6) is 0 Å². The first kappa shape index (κ1) is 14.6. The standard InChI is InChI=1S/C21H17Cl/c22-17-16-21(18-10-4-1-5-11-18,19-12-6-2-7-13-19)20-14-8-3-9-15-20/h1-17H. The third-order valence-corrected chi connectivity index (χ3v) is 4.13. The zero-order valence-electron chi connectivity index (χ0n) is 12.2. The van der Waals surface area contributed by atoms with Crippen LogP contribution in [0.4, 0.5) is 0 Å². The lowest BCUT2D eigenvalue weighted by molar-refractivity contribution is 0.780. The minimum absolute atomic E-state index is 0.383. The summed E-state index contributed by atoms with van der Waals surface area (Å²) in [5.41, 5.74) is 4.83. The first-order valence-corrected chi connectivity index (χ1v) is 7.76. The van der Waals surface area contributed by atoms with Crippen molar-refractivity contribution < 1.29 is 0 Å². The van der Waals surface area contributed by atoms with Crippen molar-refractivity contribution in [3.63, 3.8) is 0 Å². The van der Waals surface area contributed by atoms with Crippen molar-refractivity contribution in [2.45, 2.75) is 5.41 Å². The van der Waals surface area contributed by atoms with Crippen LogP contribution in [0.15, 0.2) is 103 Å². The highest BCUT2D eigenvalue weighted by Crippen LogP contribution is 2.40. The molecule has 0 nitrogen and oxygen atoms in total. The molecule has 0 aliphatic carbocycles. The molecule has 0 aliphatic heterocycles. The molecule has 0 saturated heterocycles. The minimum atomic E-state index is -0.383. The molecule has 0 N–H and O–H groups in total. The van der Waals surface area contributed by atoms with Crippen LogP contribution in [0.25, 0.3) is 0 Å². The molecule has 0 aromatic heterocycles. The predicted octanol–water partition coefficient (Wildman–Crippen LogP) is 5.77. The van der Waals surface area contributed by atoms with Crippen molar-refractivity contribution in [1.82, 2.24) is 0 Å². The summed E-state index contributed by atoms with van der Waals surface area (Å²) in [5, 5.41) is 0. The van der Waals surface area contributed by atoms with Gasteiger partial charge in [0.2, 0.25) is 0 Å². The molecule has 0 amide bonds. The van der Waals surface area contributed by atoms with Gasteiger partial charge in [0.15, 0.2) is 0 Å². The molecule has 0 bridgehead atoms. The summed E-state index contributed by atoms with van der Waals surface area (Å²) in [6.07, 6.45) is 2.06. The largest absolute Gasteiger partial charge is 0.0932 e. The van der Waals surface area contributed by atoms with Gasteiger partial charge in [-0.15, -0.1) is 0 Å². The SMILES string of the molecule is ClC=CC(c1ccccc1)(c1ccccc1)c1ccccc1. The number of benzene rings is 3. The Kier molecular flexibility index (Phi) is 4.41. The first-order valence-electron chi connectivity index (χ1n) is 7.32.